The molecule has 2 aliphatic rings. The number of hydrogen-bond acceptors (Lipinski definition) is 2. The minimum Gasteiger partial charge on any atom is -0.508 e. The summed E-state index contributed by atoms with van der Waals surface area (Å²) in [6, 6.07) is 5.79. The van der Waals surface area contributed by atoms with Crippen molar-refractivity contribution in [2.75, 3.05) is 0 Å². The van der Waals surface area contributed by atoms with Crippen LogP contribution in [0.3, 0.4) is 0 Å². The Morgan fingerprint density at radius 2 is 2.04 bits per heavy atom. The molecule has 0 heterocycles. The predicted molar refractivity (Wildman–Crippen MR) is 98.2 cm³/mol. The molecule has 0 amide bonds. The molecule has 24 heavy (non-hydrogen) atoms. The Hall–Kier alpha value is -1.57. The lowest BCUT2D eigenvalue weighted by atomic mass is 9.80. The van der Waals surface area contributed by atoms with Gasteiger partial charge in [0.15, 0.2) is 5.78 Å². The van der Waals surface area contributed by atoms with Crippen LogP contribution in [0, 0.1) is 11.8 Å². The van der Waals surface area contributed by atoms with Crippen LogP contribution in [0.25, 0.3) is 0 Å². The molecule has 0 saturated carbocycles. The van der Waals surface area contributed by atoms with Gasteiger partial charge in [-0.25, -0.2) is 0 Å². The Balaban J connectivity index is 1.69. The number of ketones is 1. The average Bonchev–Trinajstić information content (AvgIpc) is 2.86. The molecule has 0 saturated heterocycles. The first kappa shape index (κ1) is 17.3. The van der Waals surface area contributed by atoms with Crippen LogP contribution in [0.5, 0.6) is 5.75 Å². The van der Waals surface area contributed by atoms with E-state index >= 15 is 0 Å². The predicted octanol–water partition coefficient (Wildman–Crippen LogP) is 5.37. The molecule has 0 spiro atoms. The molecule has 2 heteroatoms. The molecule has 0 aliphatic heterocycles. The molecule has 2 nitrogen and oxygen atoms in total. The zero-order valence-electron chi connectivity index (χ0n) is 15.1. The van der Waals surface area contributed by atoms with Crippen LogP contribution in [0.15, 0.2) is 29.3 Å². The highest BCUT2D eigenvalue weighted by Gasteiger charge is 2.35. The van der Waals surface area contributed by atoms with Crippen molar-refractivity contribution in [3.63, 3.8) is 0 Å². The number of carbonyl (C=O) groups is 1. The zero-order chi connectivity index (χ0) is 17.1. The summed E-state index contributed by atoms with van der Waals surface area (Å²) >= 11 is 0. The maximum absolute atomic E-state index is 12.5. The molecular formula is C22H30O2. The average molecular weight is 326 g/mol. The quantitative estimate of drug-likeness (QED) is 0.684. The smallest absolute Gasteiger partial charge is 0.159 e. The molecule has 1 N–H and O–H groups in total. The Morgan fingerprint density at radius 3 is 2.83 bits per heavy atom. The normalized spacial score (nSPS) is 20.9. The summed E-state index contributed by atoms with van der Waals surface area (Å²) in [5.41, 5.74) is 4.77. The van der Waals surface area contributed by atoms with Crippen LogP contribution >= 0.6 is 0 Å². The van der Waals surface area contributed by atoms with Crippen molar-refractivity contribution in [1.29, 1.82) is 0 Å². The lowest BCUT2D eigenvalue weighted by Gasteiger charge is -2.25. The number of Topliss-reactive ketones (excluding diaryl/α,β-unsaturated/α-hetero) is 1. The van der Waals surface area contributed by atoms with E-state index in [1.54, 1.807) is 6.07 Å². The maximum Gasteiger partial charge on any atom is 0.159 e. The number of benzene rings is 1. The van der Waals surface area contributed by atoms with Gasteiger partial charge in [-0.15, -0.1) is 0 Å². The molecule has 2 unspecified atom stereocenters. The highest BCUT2D eigenvalue weighted by molar-refractivity contribution is 5.99. The lowest BCUT2D eigenvalue weighted by molar-refractivity contribution is -0.115. The number of aromatic hydroxyl groups is 1. The molecule has 2 aliphatic carbocycles. The molecule has 1 aromatic carbocycles. The summed E-state index contributed by atoms with van der Waals surface area (Å²) < 4.78 is 0. The van der Waals surface area contributed by atoms with E-state index in [2.05, 4.69) is 19.9 Å². The van der Waals surface area contributed by atoms with Crippen molar-refractivity contribution in [2.45, 2.75) is 71.6 Å². The highest BCUT2D eigenvalue weighted by Crippen LogP contribution is 2.43. The van der Waals surface area contributed by atoms with Crippen LogP contribution < -0.4 is 0 Å². The minimum absolute atomic E-state index is 0.337. The fraction of sp³-hybridized carbons (Fsp3) is 0.591. The van der Waals surface area contributed by atoms with Crippen molar-refractivity contribution in [3.8, 4) is 5.75 Å². The van der Waals surface area contributed by atoms with Crippen LogP contribution in [-0.4, -0.2) is 10.9 Å². The Bertz CT molecular complexity index is 641. The van der Waals surface area contributed by atoms with Gasteiger partial charge < -0.3 is 5.11 Å². The summed E-state index contributed by atoms with van der Waals surface area (Å²) in [5, 5.41) is 10.1. The number of hydrogen-bond donors (Lipinski definition) is 1. The van der Waals surface area contributed by atoms with Gasteiger partial charge in [-0.2, -0.15) is 0 Å². The summed E-state index contributed by atoms with van der Waals surface area (Å²) in [5.74, 6) is 1.81. The monoisotopic (exact) mass is 326 g/mol. The van der Waals surface area contributed by atoms with E-state index in [1.165, 1.54) is 36.8 Å². The Morgan fingerprint density at radius 1 is 1.21 bits per heavy atom. The number of fused-ring (bicyclic) bond motifs is 2. The first-order valence-electron chi connectivity index (χ1n) is 9.65. The highest BCUT2D eigenvalue weighted by atomic mass is 16.3. The summed E-state index contributed by atoms with van der Waals surface area (Å²) in [7, 11) is 0. The van der Waals surface area contributed by atoms with Crippen LogP contribution in [0.2, 0.25) is 0 Å². The third kappa shape index (κ3) is 3.58. The van der Waals surface area contributed by atoms with E-state index in [1.807, 2.05) is 6.07 Å². The maximum atomic E-state index is 12.5. The van der Waals surface area contributed by atoms with Gasteiger partial charge in [0.1, 0.15) is 5.75 Å². The number of phenolic OH excluding ortho intramolecular Hbond substituents is 1. The van der Waals surface area contributed by atoms with Gasteiger partial charge in [-0.05, 0) is 60.3 Å². The van der Waals surface area contributed by atoms with Gasteiger partial charge in [0.05, 0.1) is 0 Å². The van der Waals surface area contributed by atoms with Crippen molar-refractivity contribution >= 4 is 5.78 Å². The van der Waals surface area contributed by atoms with E-state index in [0.717, 1.165) is 36.8 Å². The van der Waals surface area contributed by atoms with E-state index in [4.69, 9.17) is 0 Å². The third-order valence-corrected chi connectivity index (χ3v) is 5.92. The summed E-state index contributed by atoms with van der Waals surface area (Å²) in [6.45, 7) is 4.57. The van der Waals surface area contributed by atoms with Gasteiger partial charge >= 0.3 is 0 Å². The van der Waals surface area contributed by atoms with Gasteiger partial charge in [0.2, 0.25) is 0 Å². The van der Waals surface area contributed by atoms with E-state index in [9.17, 15) is 9.90 Å². The number of unbranched alkanes of at least 4 members (excludes halogenated alkanes) is 2. The standard InChI is InChI=1S/C22H30O2/c1-3-4-5-7-15(2)10-11-18-19-12-16-8-6-9-21(23)20(16)13-17(19)14-22(18)24/h6,8-9,15,17,23H,3-5,7,10-14H2,1-2H3. The second kappa shape index (κ2) is 7.55. The molecule has 1 aromatic rings. The number of carbonyl (C=O) groups excluding carboxylic acids is 1. The van der Waals surface area contributed by atoms with Crippen LogP contribution in [0.4, 0.5) is 0 Å². The zero-order valence-corrected chi connectivity index (χ0v) is 15.1. The molecular weight excluding hydrogens is 296 g/mol. The first-order valence-corrected chi connectivity index (χ1v) is 9.65. The van der Waals surface area contributed by atoms with Gasteiger partial charge in [0, 0.05) is 6.42 Å². The van der Waals surface area contributed by atoms with Crippen molar-refractivity contribution < 1.29 is 9.90 Å². The molecule has 130 valence electrons. The van der Waals surface area contributed by atoms with Gasteiger partial charge in [-0.1, -0.05) is 57.2 Å². The minimum atomic E-state index is 0.337. The molecule has 0 aromatic heterocycles. The molecule has 3 rings (SSSR count). The molecule has 0 radical (unpaired) electrons. The third-order valence-electron chi connectivity index (χ3n) is 5.92. The second-order valence-corrected chi connectivity index (χ2v) is 7.76. The number of allylic oxidation sites excluding steroid dienone is 2. The topological polar surface area (TPSA) is 37.3 Å². The summed E-state index contributed by atoms with van der Waals surface area (Å²) in [6.07, 6.45) is 9.62. The lowest BCUT2D eigenvalue weighted by Crippen LogP contribution is -2.15. The molecule has 2 atom stereocenters. The number of phenols is 1. The SMILES string of the molecule is CCCCCC(C)CCC1=C2Cc3cccc(O)c3CC2CC1=O. The van der Waals surface area contributed by atoms with Crippen LogP contribution in [-0.2, 0) is 17.6 Å². The Labute approximate surface area is 146 Å². The Kier molecular flexibility index (Phi) is 5.43. The van der Waals surface area contributed by atoms with Crippen molar-refractivity contribution in [1.82, 2.24) is 0 Å². The fourth-order valence-electron chi connectivity index (χ4n) is 4.39. The number of rotatable bonds is 7. The molecule has 0 bridgehead atoms. The fourth-order valence-corrected chi connectivity index (χ4v) is 4.39. The largest absolute Gasteiger partial charge is 0.508 e. The second-order valence-electron chi connectivity index (χ2n) is 7.76. The first-order chi connectivity index (χ1) is 11.6. The van der Waals surface area contributed by atoms with Crippen molar-refractivity contribution in [3.05, 3.63) is 40.5 Å². The molecule has 0 fully saturated rings. The van der Waals surface area contributed by atoms with E-state index in [-0.39, 0.29) is 0 Å². The van der Waals surface area contributed by atoms with E-state index in [0.29, 0.717) is 29.8 Å². The van der Waals surface area contributed by atoms with Crippen molar-refractivity contribution in [2.24, 2.45) is 11.8 Å². The van der Waals surface area contributed by atoms with Crippen LogP contribution in [0.1, 0.15) is 69.9 Å². The summed E-state index contributed by atoms with van der Waals surface area (Å²) in [4.78, 5) is 12.5. The van der Waals surface area contributed by atoms with E-state index < -0.39 is 0 Å². The van der Waals surface area contributed by atoms with Gasteiger partial charge in [0.25, 0.3) is 0 Å². The van der Waals surface area contributed by atoms with Gasteiger partial charge in [-0.3, -0.25) is 4.79 Å².